The van der Waals surface area contributed by atoms with E-state index in [0.29, 0.717) is 6.04 Å². The van der Waals surface area contributed by atoms with Crippen molar-refractivity contribution in [3.05, 3.63) is 28.2 Å². The summed E-state index contributed by atoms with van der Waals surface area (Å²) in [4.78, 5) is 8.32. The third kappa shape index (κ3) is 3.37. The van der Waals surface area contributed by atoms with Gasteiger partial charge < -0.3 is 10.2 Å². The van der Waals surface area contributed by atoms with Crippen molar-refractivity contribution in [3.63, 3.8) is 0 Å². The number of anilines is 1. The van der Waals surface area contributed by atoms with Crippen molar-refractivity contribution in [2.24, 2.45) is 0 Å². The minimum Gasteiger partial charge on any atom is -0.337 e. The van der Waals surface area contributed by atoms with E-state index in [2.05, 4.69) is 49.8 Å². The molecule has 0 amide bonds. The van der Waals surface area contributed by atoms with Crippen molar-refractivity contribution in [1.29, 1.82) is 0 Å². The third-order valence-electron chi connectivity index (χ3n) is 3.59. The number of nitrogens with one attached hydrogen (secondary N) is 2. The van der Waals surface area contributed by atoms with Crippen LogP contribution < -0.4 is 10.2 Å². The highest BCUT2D eigenvalue weighted by molar-refractivity contribution is 7.09. The number of rotatable bonds is 5. The summed E-state index contributed by atoms with van der Waals surface area (Å²) < 4.78 is 0. The highest BCUT2D eigenvalue weighted by Crippen LogP contribution is 2.14. The molecule has 0 radical (unpaired) electrons. The van der Waals surface area contributed by atoms with E-state index in [9.17, 15) is 0 Å². The molecule has 5 nitrogen and oxygen atoms in total. The first-order valence-corrected chi connectivity index (χ1v) is 8.11. The van der Waals surface area contributed by atoms with Crippen LogP contribution in [-0.2, 0) is 12.8 Å². The molecule has 1 unspecified atom stereocenters. The standard InChI is InChI=1S/C14H21N5S/c1-11-10-19(8-7-15-11)14-16-13(17-18-14)6-2-4-12-5-3-9-20-12/h3,5,9,11,15H,2,4,6-8,10H2,1H3,(H,16,17,18). The van der Waals surface area contributed by atoms with Gasteiger partial charge >= 0.3 is 0 Å². The predicted octanol–water partition coefficient (Wildman–Crippen LogP) is 1.84. The molecule has 0 aliphatic carbocycles. The Morgan fingerprint density at radius 1 is 1.45 bits per heavy atom. The van der Waals surface area contributed by atoms with E-state index in [-0.39, 0.29) is 0 Å². The van der Waals surface area contributed by atoms with Gasteiger partial charge in [0, 0.05) is 37.0 Å². The SMILES string of the molecule is CC1CN(c2n[nH]c(CCCc3cccs3)n2)CCN1. The normalized spacial score (nSPS) is 19.4. The maximum absolute atomic E-state index is 4.62. The number of aryl methyl sites for hydroxylation is 2. The van der Waals surface area contributed by atoms with Gasteiger partial charge in [-0.1, -0.05) is 6.07 Å². The van der Waals surface area contributed by atoms with Crippen LogP contribution in [0, 0.1) is 0 Å². The van der Waals surface area contributed by atoms with Crippen LogP contribution in [0.1, 0.15) is 24.0 Å². The van der Waals surface area contributed by atoms with Gasteiger partial charge in [-0.3, -0.25) is 5.10 Å². The Kier molecular flexibility index (Phi) is 4.32. The lowest BCUT2D eigenvalue weighted by atomic mass is 10.2. The molecule has 2 aromatic heterocycles. The first-order valence-electron chi connectivity index (χ1n) is 7.23. The molecule has 0 saturated carbocycles. The number of hydrogen-bond acceptors (Lipinski definition) is 5. The summed E-state index contributed by atoms with van der Waals surface area (Å²) in [5.41, 5.74) is 0. The van der Waals surface area contributed by atoms with Crippen molar-refractivity contribution in [1.82, 2.24) is 20.5 Å². The second-order valence-electron chi connectivity index (χ2n) is 5.32. The number of thiophene rings is 1. The highest BCUT2D eigenvalue weighted by Gasteiger charge is 2.19. The van der Waals surface area contributed by atoms with Gasteiger partial charge in [0.1, 0.15) is 5.82 Å². The molecule has 1 saturated heterocycles. The molecule has 1 atom stereocenters. The largest absolute Gasteiger partial charge is 0.337 e. The molecule has 6 heteroatoms. The summed E-state index contributed by atoms with van der Waals surface area (Å²) in [5.74, 6) is 1.85. The van der Waals surface area contributed by atoms with E-state index in [0.717, 1.165) is 50.7 Å². The van der Waals surface area contributed by atoms with Crippen molar-refractivity contribution in [3.8, 4) is 0 Å². The van der Waals surface area contributed by atoms with Crippen LogP contribution in [0.5, 0.6) is 0 Å². The molecule has 108 valence electrons. The Hall–Kier alpha value is -1.40. The van der Waals surface area contributed by atoms with Crippen LogP contribution in [0.3, 0.4) is 0 Å². The Morgan fingerprint density at radius 2 is 2.40 bits per heavy atom. The van der Waals surface area contributed by atoms with Gasteiger partial charge in [-0.2, -0.15) is 4.98 Å². The number of nitrogens with zero attached hydrogens (tertiary/aromatic N) is 3. The van der Waals surface area contributed by atoms with Crippen molar-refractivity contribution in [2.75, 3.05) is 24.5 Å². The molecule has 3 heterocycles. The van der Waals surface area contributed by atoms with Gasteiger partial charge in [0.05, 0.1) is 0 Å². The van der Waals surface area contributed by atoms with Gasteiger partial charge in [0.25, 0.3) is 0 Å². The fourth-order valence-corrected chi connectivity index (χ4v) is 3.29. The summed E-state index contributed by atoms with van der Waals surface area (Å²) in [6.45, 7) is 5.16. The molecule has 20 heavy (non-hydrogen) atoms. The molecule has 0 aromatic carbocycles. The Bertz CT molecular complexity index is 521. The molecule has 1 fully saturated rings. The van der Waals surface area contributed by atoms with Crippen molar-refractivity contribution >= 4 is 17.3 Å². The zero-order chi connectivity index (χ0) is 13.8. The minimum atomic E-state index is 0.504. The van der Waals surface area contributed by atoms with Gasteiger partial charge in [-0.15, -0.1) is 16.4 Å². The summed E-state index contributed by atoms with van der Waals surface area (Å²) in [5, 5.41) is 13.0. The monoisotopic (exact) mass is 291 g/mol. The van der Waals surface area contributed by atoms with Crippen LogP contribution in [0.15, 0.2) is 17.5 Å². The first kappa shape index (κ1) is 13.6. The second-order valence-corrected chi connectivity index (χ2v) is 6.35. The molecule has 1 aliphatic heterocycles. The van der Waals surface area contributed by atoms with E-state index >= 15 is 0 Å². The lowest BCUT2D eigenvalue weighted by molar-refractivity contribution is 0.479. The fraction of sp³-hybridized carbons (Fsp3) is 0.571. The quantitative estimate of drug-likeness (QED) is 0.882. The Labute approximate surface area is 123 Å². The van der Waals surface area contributed by atoms with E-state index in [1.54, 1.807) is 0 Å². The Morgan fingerprint density at radius 3 is 3.20 bits per heavy atom. The van der Waals surface area contributed by atoms with Crippen LogP contribution >= 0.6 is 11.3 Å². The summed E-state index contributed by atoms with van der Waals surface area (Å²) in [7, 11) is 0. The smallest absolute Gasteiger partial charge is 0.244 e. The molecule has 0 spiro atoms. The molecule has 0 bridgehead atoms. The summed E-state index contributed by atoms with van der Waals surface area (Å²) in [6.07, 6.45) is 3.21. The molecule has 2 aromatic rings. The molecule has 3 rings (SSSR count). The first-order chi connectivity index (χ1) is 9.81. The van der Waals surface area contributed by atoms with Crippen molar-refractivity contribution in [2.45, 2.75) is 32.2 Å². The number of hydrogen-bond donors (Lipinski definition) is 2. The number of aromatic nitrogens is 3. The number of H-pyrrole nitrogens is 1. The van der Waals surface area contributed by atoms with E-state index in [1.807, 2.05) is 11.3 Å². The van der Waals surface area contributed by atoms with Gasteiger partial charge in [-0.25, -0.2) is 0 Å². The van der Waals surface area contributed by atoms with E-state index in [1.165, 1.54) is 4.88 Å². The maximum Gasteiger partial charge on any atom is 0.244 e. The highest BCUT2D eigenvalue weighted by atomic mass is 32.1. The van der Waals surface area contributed by atoms with Gasteiger partial charge in [0.15, 0.2) is 0 Å². The molecule has 2 N–H and O–H groups in total. The maximum atomic E-state index is 4.62. The van der Waals surface area contributed by atoms with Crippen molar-refractivity contribution < 1.29 is 0 Å². The average molecular weight is 291 g/mol. The number of aromatic amines is 1. The topological polar surface area (TPSA) is 56.8 Å². The predicted molar refractivity (Wildman–Crippen MR) is 82.4 cm³/mol. The zero-order valence-electron chi connectivity index (χ0n) is 11.8. The van der Waals surface area contributed by atoms with Gasteiger partial charge in [0.2, 0.25) is 5.95 Å². The van der Waals surface area contributed by atoms with Crippen LogP contribution in [0.4, 0.5) is 5.95 Å². The summed E-state index contributed by atoms with van der Waals surface area (Å²) in [6, 6.07) is 4.81. The Balaban J connectivity index is 1.51. The number of piperazine rings is 1. The van der Waals surface area contributed by atoms with E-state index in [4.69, 9.17) is 0 Å². The van der Waals surface area contributed by atoms with Gasteiger partial charge in [-0.05, 0) is 31.2 Å². The third-order valence-corrected chi connectivity index (χ3v) is 4.52. The molecular formula is C14H21N5S. The molecular weight excluding hydrogens is 270 g/mol. The van der Waals surface area contributed by atoms with Crippen LogP contribution in [-0.4, -0.2) is 40.9 Å². The molecule has 1 aliphatic rings. The van der Waals surface area contributed by atoms with Crippen LogP contribution in [0.25, 0.3) is 0 Å². The minimum absolute atomic E-state index is 0.504. The van der Waals surface area contributed by atoms with Crippen LogP contribution in [0.2, 0.25) is 0 Å². The summed E-state index contributed by atoms with van der Waals surface area (Å²) >= 11 is 1.82. The fourth-order valence-electron chi connectivity index (χ4n) is 2.54. The lowest BCUT2D eigenvalue weighted by Gasteiger charge is -2.30. The lowest BCUT2D eigenvalue weighted by Crippen LogP contribution is -2.49. The van der Waals surface area contributed by atoms with E-state index < -0.39 is 0 Å². The second kappa shape index (κ2) is 6.37. The zero-order valence-corrected chi connectivity index (χ0v) is 12.6. The average Bonchev–Trinajstić information content (AvgIpc) is 3.10.